The van der Waals surface area contributed by atoms with Crippen molar-refractivity contribution >= 4 is 54.2 Å². The number of thiazole rings is 1. The van der Waals surface area contributed by atoms with Gasteiger partial charge in [0.2, 0.25) is 21.8 Å². The van der Waals surface area contributed by atoms with Crippen molar-refractivity contribution in [2.45, 2.75) is 49.5 Å². The highest BCUT2D eigenvalue weighted by atomic mass is 79.9. The van der Waals surface area contributed by atoms with Gasteiger partial charge in [0.15, 0.2) is 5.13 Å². The summed E-state index contributed by atoms with van der Waals surface area (Å²) in [5.74, 6) is -0.232. The van der Waals surface area contributed by atoms with E-state index in [0.717, 1.165) is 25.7 Å². The Morgan fingerprint density at radius 3 is 2.70 bits per heavy atom. The highest BCUT2D eigenvalue weighted by Crippen LogP contribution is 2.30. The van der Waals surface area contributed by atoms with Gasteiger partial charge in [-0.15, -0.1) is 11.3 Å². The van der Waals surface area contributed by atoms with Crippen LogP contribution in [0.5, 0.6) is 0 Å². The number of nitrogens with zero attached hydrogens (tertiary/aromatic N) is 3. The Morgan fingerprint density at radius 2 is 2.03 bits per heavy atom. The number of nitrogens with one attached hydrogen (secondary N) is 1. The summed E-state index contributed by atoms with van der Waals surface area (Å²) in [6, 6.07) is 5.81. The average molecular weight is 556 g/mol. The molecule has 178 valence electrons. The molecule has 8 nitrogen and oxygen atoms in total. The molecule has 33 heavy (non-hydrogen) atoms. The van der Waals surface area contributed by atoms with Gasteiger partial charge in [0.25, 0.3) is 0 Å². The number of sulfonamides is 1. The van der Waals surface area contributed by atoms with Crippen LogP contribution in [0.25, 0.3) is 0 Å². The van der Waals surface area contributed by atoms with Crippen LogP contribution in [0.15, 0.2) is 45.2 Å². The predicted molar refractivity (Wildman–Crippen MR) is 130 cm³/mol. The van der Waals surface area contributed by atoms with Crippen LogP contribution < -0.4 is 5.32 Å². The Bertz CT molecular complexity index is 1090. The molecule has 1 saturated carbocycles. The molecule has 1 aliphatic carbocycles. The van der Waals surface area contributed by atoms with Gasteiger partial charge >= 0.3 is 0 Å². The van der Waals surface area contributed by atoms with Gasteiger partial charge in [-0.3, -0.25) is 9.59 Å². The molecule has 2 aromatic rings. The maximum atomic E-state index is 13.2. The number of aromatic nitrogens is 1. The van der Waals surface area contributed by atoms with E-state index in [0.29, 0.717) is 21.9 Å². The molecule has 0 bridgehead atoms. The summed E-state index contributed by atoms with van der Waals surface area (Å²) < 4.78 is 28.0. The molecule has 1 aromatic carbocycles. The molecule has 0 spiro atoms. The topological polar surface area (TPSA) is 99.7 Å². The zero-order chi connectivity index (χ0) is 23.4. The van der Waals surface area contributed by atoms with Gasteiger partial charge in [0, 0.05) is 29.1 Å². The second-order valence-corrected chi connectivity index (χ2v) is 12.2. The Hall–Kier alpha value is -1.82. The largest absolute Gasteiger partial charge is 0.328 e. The van der Waals surface area contributed by atoms with Crippen molar-refractivity contribution in [3.63, 3.8) is 0 Å². The molecule has 2 amide bonds. The van der Waals surface area contributed by atoms with Gasteiger partial charge in [-0.2, -0.15) is 4.31 Å². The summed E-state index contributed by atoms with van der Waals surface area (Å²) >= 11 is 4.63. The molecule has 2 aliphatic rings. The Balaban J connectivity index is 1.50. The van der Waals surface area contributed by atoms with E-state index in [1.165, 1.54) is 34.2 Å². The minimum Gasteiger partial charge on any atom is -0.328 e. The van der Waals surface area contributed by atoms with Crippen LogP contribution in [0, 0.1) is 5.92 Å². The van der Waals surface area contributed by atoms with Crippen molar-refractivity contribution < 1.29 is 18.0 Å². The second-order valence-electron chi connectivity index (χ2n) is 8.47. The fraction of sp³-hybridized carbons (Fsp3) is 0.500. The average Bonchev–Trinajstić information content (AvgIpc) is 3.31. The highest BCUT2D eigenvalue weighted by Gasteiger charge is 2.39. The van der Waals surface area contributed by atoms with E-state index in [2.05, 4.69) is 26.2 Å². The van der Waals surface area contributed by atoms with E-state index in [1.54, 1.807) is 28.6 Å². The van der Waals surface area contributed by atoms with E-state index >= 15 is 0 Å². The maximum Gasteiger partial charge on any atom is 0.248 e. The smallest absolute Gasteiger partial charge is 0.248 e. The number of piperazine rings is 1. The molecule has 2 heterocycles. The highest BCUT2D eigenvalue weighted by molar-refractivity contribution is 9.10. The maximum absolute atomic E-state index is 13.2. The minimum atomic E-state index is -3.81. The number of carbonyl (C=O) groups excluding carboxylic acids is 2. The summed E-state index contributed by atoms with van der Waals surface area (Å²) in [5, 5.41) is 5.12. The third-order valence-corrected chi connectivity index (χ3v) is 9.30. The minimum absolute atomic E-state index is 0.137. The lowest BCUT2D eigenvalue weighted by atomic mass is 9.84. The Morgan fingerprint density at radius 1 is 1.24 bits per heavy atom. The zero-order valence-corrected chi connectivity index (χ0v) is 21.4. The lowest BCUT2D eigenvalue weighted by molar-refractivity contribution is -0.142. The van der Waals surface area contributed by atoms with Crippen molar-refractivity contribution in [3.05, 3.63) is 40.3 Å². The van der Waals surface area contributed by atoms with Crippen LogP contribution in [-0.4, -0.2) is 60.1 Å². The monoisotopic (exact) mass is 554 g/mol. The van der Waals surface area contributed by atoms with Crippen molar-refractivity contribution in [1.82, 2.24) is 14.2 Å². The van der Waals surface area contributed by atoms with Crippen LogP contribution in [0.1, 0.15) is 38.5 Å². The van der Waals surface area contributed by atoms with Crippen LogP contribution in [-0.2, 0) is 19.6 Å². The molecule has 0 radical (unpaired) electrons. The first kappa shape index (κ1) is 24.3. The van der Waals surface area contributed by atoms with Crippen molar-refractivity contribution in [2.75, 3.05) is 25.0 Å². The lowest BCUT2D eigenvalue weighted by Gasteiger charge is -2.39. The van der Waals surface area contributed by atoms with Crippen molar-refractivity contribution in [3.8, 4) is 0 Å². The summed E-state index contributed by atoms with van der Waals surface area (Å²) in [6.07, 6.45) is 7.78. The molecule has 1 saturated heterocycles. The zero-order valence-electron chi connectivity index (χ0n) is 18.2. The first-order valence-corrected chi connectivity index (χ1v) is 14.2. The van der Waals surface area contributed by atoms with Crippen molar-refractivity contribution in [2.24, 2.45) is 5.92 Å². The van der Waals surface area contributed by atoms with Gasteiger partial charge in [-0.1, -0.05) is 54.1 Å². The van der Waals surface area contributed by atoms with Crippen LogP contribution >= 0.6 is 27.3 Å². The number of halogens is 1. The summed E-state index contributed by atoms with van der Waals surface area (Å²) in [4.78, 5) is 32.2. The second kappa shape index (κ2) is 10.6. The SMILES string of the molecule is O=C(Nc1nccs1)[C@H](CC1CCCCC1)N1CCN(S(=O)(=O)c2cccc(Br)c2)CC1=O. The van der Waals surface area contributed by atoms with Gasteiger partial charge < -0.3 is 10.2 Å². The van der Waals surface area contributed by atoms with E-state index in [-0.39, 0.29) is 36.3 Å². The molecule has 1 aliphatic heterocycles. The van der Waals surface area contributed by atoms with E-state index < -0.39 is 16.1 Å². The van der Waals surface area contributed by atoms with Crippen LogP contribution in [0.4, 0.5) is 5.13 Å². The number of hydrogen-bond donors (Lipinski definition) is 1. The summed E-state index contributed by atoms with van der Waals surface area (Å²) in [5.41, 5.74) is 0. The van der Waals surface area contributed by atoms with E-state index in [4.69, 9.17) is 0 Å². The Labute approximate surface area is 206 Å². The molecule has 1 atom stereocenters. The molecular weight excluding hydrogens is 528 g/mol. The lowest BCUT2D eigenvalue weighted by Crippen LogP contribution is -2.58. The van der Waals surface area contributed by atoms with Gasteiger partial charge in [0.1, 0.15) is 6.04 Å². The van der Waals surface area contributed by atoms with E-state index in [1.807, 2.05) is 0 Å². The third kappa shape index (κ3) is 5.82. The molecule has 0 unspecified atom stereocenters. The first-order valence-electron chi connectivity index (χ1n) is 11.1. The number of carbonyl (C=O) groups is 2. The summed E-state index contributed by atoms with van der Waals surface area (Å²) in [7, 11) is -3.81. The molecule has 1 aromatic heterocycles. The number of amides is 2. The quantitative estimate of drug-likeness (QED) is 0.562. The normalized spacial score (nSPS) is 19.4. The fourth-order valence-corrected chi connectivity index (χ4v) is 7.07. The standard InChI is InChI=1S/C22H27BrN4O4S2/c23-17-7-4-8-18(14-17)33(30,31)26-10-11-27(20(28)15-26)19(13-16-5-2-1-3-6-16)21(29)25-22-24-9-12-32-22/h4,7-9,12,14,16,19H,1-3,5-6,10-11,13,15H2,(H,24,25,29)/t19-/m0/s1. The molecular formula is C22H27BrN4O4S2. The Kier molecular flexibility index (Phi) is 7.83. The van der Waals surface area contributed by atoms with Crippen molar-refractivity contribution in [1.29, 1.82) is 0 Å². The number of rotatable bonds is 7. The summed E-state index contributed by atoms with van der Waals surface area (Å²) in [6.45, 7) is 0.0432. The molecule has 11 heteroatoms. The van der Waals surface area contributed by atoms with Gasteiger partial charge in [-0.25, -0.2) is 13.4 Å². The first-order chi connectivity index (χ1) is 15.8. The third-order valence-electron chi connectivity index (χ3n) is 6.28. The number of anilines is 1. The molecule has 2 fully saturated rings. The molecule has 4 rings (SSSR count). The number of benzene rings is 1. The number of hydrogen-bond acceptors (Lipinski definition) is 6. The van der Waals surface area contributed by atoms with Gasteiger partial charge in [-0.05, 0) is 30.5 Å². The van der Waals surface area contributed by atoms with E-state index in [9.17, 15) is 18.0 Å². The van der Waals surface area contributed by atoms with Crippen LogP contribution in [0.2, 0.25) is 0 Å². The fourth-order valence-electron chi connectivity index (χ4n) is 4.56. The van der Waals surface area contributed by atoms with Gasteiger partial charge in [0.05, 0.1) is 11.4 Å². The van der Waals surface area contributed by atoms with Crippen LogP contribution in [0.3, 0.4) is 0 Å². The predicted octanol–water partition coefficient (Wildman–Crippen LogP) is 3.72. The molecule has 1 N–H and O–H groups in total.